The SMILES string of the molecule is CCOc1cc(C(=O)NCC(=O)N/N=C\c2ccc(C)cc2)cc(OCC)c1OCC. The van der Waals surface area contributed by atoms with Crippen molar-refractivity contribution in [3.8, 4) is 17.2 Å². The molecule has 2 rings (SSSR count). The van der Waals surface area contributed by atoms with E-state index in [4.69, 9.17) is 14.2 Å². The molecule has 0 saturated heterocycles. The fourth-order valence-corrected chi connectivity index (χ4v) is 2.65. The Labute approximate surface area is 182 Å². The molecule has 8 nitrogen and oxygen atoms in total. The molecule has 2 N–H and O–H groups in total. The number of hydrogen-bond donors (Lipinski definition) is 2. The van der Waals surface area contributed by atoms with Gasteiger partial charge in [-0.3, -0.25) is 9.59 Å². The number of amides is 2. The summed E-state index contributed by atoms with van der Waals surface area (Å²) >= 11 is 0. The van der Waals surface area contributed by atoms with E-state index in [1.54, 1.807) is 12.1 Å². The van der Waals surface area contributed by atoms with Crippen LogP contribution in [-0.2, 0) is 4.79 Å². The molecule has 0 radical (unpaired) electrons. The lowest BCUT2D eigenvalue weighted by atomic mass is 10.1. The van der Waals surface area contributed by atoms with Gasteiger partial charge in [-0.25, -0.2) is 5.43 Å². The molecule has 0 bridgehead atoms. The van der Waals surface area contributed by atoms with Crippen molar-refractivity contribution in [1.82, 2.24) is 10.7 Å². The summed E-state index contributed by atoms with van der Waals surface area (Å²) in [6.45, 7) is 8.52. The van der Waals surface area contributed by atoms with Crippen LogP contribution in [0.2, 0.25) is 0 Å². The highest BCUT2D eigenvalue weighted by molar-refractivity contribution is 5.97. The van der Waals surface area contributed by atoms with E-state index in [2.05, 4.69) is 15.8 Å². The zero-order valence-electron chi connectivity index (χ0n) is 18.4. The molecule has 31 heavy (non-hydrogen) atoms. The molecule has 0 unspecified atom stereocenters. The van der Waals surface area contributed by atoms with Gasteiger partial charge in [0.2, 0.25) is 5.75 Å². The van der Waals surface area contributed by atoms with E-state index >= 15 is 0 Å². The third-order valence-electron chi connectivity index (χ3n) is 4.06. The summed E-state index contributed by atoms with van der Waals surface area (Å²) in [7, 11) is 0. The van der Waals surface area contributed by atoms with Crippen LogP contribution in [0.3, 0.4) is 0 Å². The molecule has 0 saturated carbocycles. The molecule has 166 valence electrons. The van der Waals surface area contributed by atoms with Gasteiger partial charge in [-0.1, -0.05) is 29.8 Å². The summed E-state index contributed by atoms with van der Waals surface area (Å²) in [5.41, 5.74) is 4.68. The second kappa shape index (κ2) is 12.2. The van der Waals surface area contributed by atoms with Crippen molar-refractivity contribution in [3.05, 3.63) is 53.1 Å². The average molecular weight is 428 g/mol. The Hall–Kier alpha value is -3.55. The summed E-state index contributed by atoms with van der Waals surface area (Å²) < 4.78 is 16.9. The number of hydrazone groups is 1. The number of aryl methyl sites for hydroxylation is 1. The third-order valence-corrected chi connectivity index (χ3v) is 4.06. The van der Waals surface area contributed by atoms with Crippen LogP contribution in [0.15, 0.2) is 41.5 Å². The zero-order chi connectivity index (χ0) is 22.6. The van der Waals surface area contributed by atoms with Crippen molar-refractivity contribution in [2.45, 2.75) is 27.7 Å². The molecule has 0 fully saturated rings. The molecule has 0 spiro atoms. The Balaban J connectivity index is 2.01. The van der Waals surface area contributed by atoms with Crippen LogP contribution >= 0.6 is 0 Å². The standard InChI is InChI=1S/C23H29N3O5/c1-5-29-19-12-18(13-20(30-6-2)22(19)31-7-3)23(28)24-15-21(27)26-25-14-17-10-8-16(4)9-11-17/h8-14H,5-7,15H2,1-4H3,(H,24,28)(H,26,27)/b25-14-. The largest absolute Gasteiger partial charge is 0.490 e. The predicted molar refractivity (Wildman–Crippen MR) is 119 cm³/mol. The molecular formula is C23H29N3O5. The Morgan fingerprint density at radius 1 is 0.935 bits per heavy atom. The summed E-state index contributed by atoms with van der Waals surface area (Å²) in [5, 5.41) is 6.47. The predicted octanol–water partition coefficient (Wildman–Crippen LogP) is 3.07. The third kappa shape index (κ3) is 7.33. The molecule has 0 aliphatic heterocycles. The number of nitrogens with zero attached hydrogens (tertiary/aromatic N) is 1. The lowest BCUT2D eigenvalue weighted by Crippen LogP contribution is -2.35. The van der Waals surface area contributed by atoms with E-state index in [9.17, 15) is 9.59 Å². The maximum absolute atomic E-state index is 12.6. The van der Waals surface area contributed by atoms with E-state index in [0.717, 1.165) is 11.1 Å². The smallest absolute Gasteiger partial charge is 0.259 e. The first-order valence-corrected chi connectivity index (χ1v) is 10.2. The minimum absolute atomic E-state index is 0.231. The van der Waals surface area contributed by atoms with Gasteiger partial charge in [-0.2, -0.15) is 5.10 Å². The summed E-state index contributed by atoms with van der Waals surface area (Å²) in [4.78, 5) is 24.6. The number of ether oxygens (including phenoxy) is 3. The normalized spacial score (nSPS) is 10.6. The van der Waals surface area contributed by atoms with Crippen molar-refractivity contribution in [1.29, 1.82) is 0 Å². The summed E-state index contributed by atoms with van der Waals surface area (Å²) in [5.74, 6) is 0.381. The monoisotopic (exact) mass is 427 g/mol. The molecule has 0 aromatic heterocycles. The topological polar surface area (TPSA) is 98.2 Å². The first-order chi connectivity index (χ1) is 15.0. The fraction of sp³-hybridized carbons (Fsp3) is 0.348. The van der Waals surface area contributed by atoms with Crippen LogP contribution in [0.5, 0.6) is 17.2 Å². The van der Waals surface area contributed by atoms with Gasteiger partial charge < -0.3 is 19.5 Å². The lowest BCUT2D eigenvalue weighted by Gasteiger charge is -2.17. The second-order valence-electron chi connectivity index (χ2n) is 6.49. The lowest BCUT2D eigenvalue weighted by molar-refractivity contribution is -0.120. The highest BCUT2D eigenvalue weighted by Crippen LogP contribution is 2.39. The van der Waals surface area contributed by atoms with Crippen LogP contribution in [0.4, 0.5) is 0 Å². The molecule has 2 amide bonds. The van der Waals surface area contributed by atoms with Crippen molar-refractivity contribution in [2.75, 3.05) is 26.4 Å². The van der Waals surface area contributed by atoms with E-state index in [1.807, 2.05) is 52.0 Å². The average Bonchev–Trinajstić information content (AvgIpc) is 2.75. The van der Waals surface area contributed by atoms with Crippen molar-refractivity contribution in [3.63, 3.8) is 0 Å². The number of carbonyl (C=O) groups excluding carboxylic acids is 2. The van der Waals surface area contributed by atoms with Crippen molar-refractivity contribution < 1.29 is 23.8 Å². The number of benzene rings is 2. The fourth-order valence-electron chi connectivity index (χ4n) is 2.65. The second-order valence-corrected chi connectivity index (χ2v) is 6.49. The molecular weight excluding hydrogens is 398 g/mol. The van der Waals surface area contributed by atoms with Gasteiger partial charge in [-0.15, -0.1) is 0 Å². The molecule has 2 aromatic carbocycles. The minimum atomic E-state index is -0.447. The van der Waals surface area contributed by atoms with Crippen LogP contribution in [0.1, 0.15) is 42.3 Å². The molecule has 0 aliphatic rings. The highest BCUT2D eigenvalue weighted by atomic mass is 16.5. The van der Waals surface area contributed by atoms with E-state index in [-0.39, 0.29) is 6.54 Å². The van der Waals surface area contributed by atoms with Crippen LogP contribution in [-0.4, -0.2) is 44.4 Å². The van der Waals surface area contributed by atoms with Gasteiger partial charge >= 0.3 is 0 Å². The Morgan fingerprint density at radius 3 is 2.06 bits per heavy atom. The maximum Gasteiger partial charge on any atom is 0.259 e. The van der Waals surface area contributed by atoms with Crippen molar-refractivity contribution >= 4 is 18.0 Å². The Kier molecular flexibility index (Phi) is 9.35. The van der Waals surface area contributed by atoms with Crippen LogP contribution < -0.4 is 25.0 Å². The molecule has 0 aliphatic carbocycles. The zero-order valence-corrected chi connectivity index (χ0v) is 18.4. The molecule has 2 aromatic rings. The number of nitrogens with one attached hydrogen (secondary N) is 2. The first-order valence-electron chi connectivity index (χ1n) is 10.2. The first kappa shape index (κ1) is 23.7. The van der Waals surface area contributed by atoms with E-state index in [0.29, 0.717) is 42.6 Å². The summed E-state index contributed by atoms with van der Waals surface area (Å²) in [6, 6.07) is 10.8. The minimum Gasteiger partial charge on any atom is -0.490 e. The number of hydrogen-bond acceptors (Lipinski definition) is 6. The van der Waals surface area contributed by atoms with Crippen LogP contribution in [0.25, 0.3) is 0 Å². The van der Waals surface area contributed by atoms with Gasteiger partial charge in [-0.05, 0) is 45.4 Å². The maximum atomic E-state index is 12.6. The Morgan fingerprint density at radius 2 is 1.52 bits per heavy atom. The van der Waals surface area contributed by atoms with Gasteiger partial charge in [0.25, 0.3) is 11.8 Å². The van der Waals surface area contributed by atoms with Gasteiger partial charge in [0.1, 0.15) is 0 Å². The van der Waals surface area contributed by atoms with Gasteiger partial charge in [0.15, 0.2) is 11.5 Å². The van der Waals surface area contributed by atoms with E-state index < -0.39 is 11.8 Å². The quantitative estimate of drug-likeness (QED) is 0.424. The van der Waals surface area contributed by atoms with E-state index in [1.165, 1.54) is 6.21 Å². The van der Waals surface area contributed by atoms with Gasteiger partial charge in [0.05, 0.1) is 32.6 Å². The number of rotatable bonds is 11. The molecule has 0 heterocycles. The molecule has 8 heteroatoms. The highest BCUT2D eigenvalue weighted by Gasteiger charge is 2.18. The van der Waals surface area contributed by atoms with Crippen molar-refractivity contribution in [2.24, 2.45) is 5.10 Å². The van der Waals surface area contributed by atoms with Crippen LogP contribution in [0, 0.1) is 6.92 Å². The molecule has 0 atom stereocenters. The summed E-state index contributed by atoms with van der Waals surface area (Å²) in [6.07, 6.45) is 1.54. The number of carbonyl (C=O) groups is 2. The Bertz CT molecular complexity index is 883. The van der Waals surface area contributed by atoms with Gasteiger partial charge in [0, 0.05) is 5.56 Å².